The van der Waals surface area contributed by atoms with Crippen molar-refractivity contribution >= 4 is 41.1 Å². The first-order chi connectivity index (χ1) is 10.5. The van der Waals surface area contributed by atoms with E-state index in [2.05, 4.69) is 4.99 Å². The second kappa shape index (κ2) is 5.91. The summed E-state index contributed by atoms with van der Waals surface area (Å²) in [4.78, 5) is 16.0. The number of hydrogen-bond donors (Lipinski definition) is 0. The fraction of sp³-hybridized carbons (Fsp3) is 0. The van der Waals surface area contributed by atoms with Gasteiger partial charge in [-0.1, -0.05) is 29.3 Å². The van der Waals surface area contributed by atoms with Crippen molar-refractivity contribution in [2.75, 3.05) is 0 Å². The molecule has 22 heavy (non-hydrogen) atoms. The van der Waals surface area contributed by atoms with E-state index >= 15 is 0 Å². The van der Waals surface area contributed by atoms with Crippen LogP contribution in [0.1, 0.15) is 11.1 Å². The van der Waals surface area contributed by atoms with Crippen LogP contribution in [0, 0.1) is 5.82 Å². The minimum Gasteiger partial charge on any atom is -0.402 e. The van der Waals surface area contributed by atoms with Crippen molar-refractivity contribution in [2.24, 2.45) is 4.99 Å². The molecule has 2 aromatic rings. The molecule has 3 nitrogen and oxygen atoms in total. The number of carbonyl (C=O) groups is 1. The summed E-state index contributed by atoms with van der Waals surface area (Å²) in [6.07, 6.45) is 1.51. The Morgan fingerprint density at radius 2 is 1.82 bits per heavy atom. The van der Waals surface area contributed by atoms with Crippen LogP contribution in [-0.4, -0.2) is 11.9 Å². The van der Waals surface area contributed by atoms with Crippen LogP contribution in [0.25, 0.3) is 6.08 Å². The summed E-state index contributed by atoms with van der Waals surface area (Å²) in [6.45, 7) is 0. The minimum absolute atomic E-state index is 0.114. The Morgan fingerprint density at radius 3 is 2.50 bits per heavy atom. The van der Waals surface area contributed by atoms with Crippen LogP contribution in [0.3, 0.4) is 0 Å². The summed E-state index contributed by atoms with van der Waals surface area (Å²) in [6, 6.07) is 10.4. The molecule has 0 spiro atoms. The normalized spacial score (nSPS) is 15.9. The van der Waals surface area contributed by atoms with Gasteiger partial charge in [0.15, 0.2) is 5.70 Å². The number of rotatable bonds is 2. The van der Waals surface area contributed by atoms with Gasteiger partial charge in [-0.3, -0.25) is 0 Å². The first-order valence-electron chi connectivity index (χ1n) is 6.26. The Labute approximate surface area is 135 Å². The van der Waals surface area contributed by atoms with Crippen LogP contribution in [0.4, 0.5) is 4.39 Å². The summed E-state index contributed by atoms with van der Waals surface area (Å²) in [5.41, 5.74) is 1.23. The van der Waals surface area contributed by atoms with Gasteiger partial charge in [-0.15, -0.1) is 0 Å². The van der Waals surface area contributed by atoms with E-state index in [1.54, 1.807) is 18.2 Å². The number of carbonyl (C=O) groups excluding carboxylic acids is 1. The quantitative estimate of drug-likeness (QED) is 0.599. The van der Waals surface area contributed by atoms with Crippen LogP contribution < -0.4 is 0 Å². The topological polar surface area (TPSA) is 38.7 Å². The molecule has 0 saturated carbocycles. The van der Waals surface area contributed by atoms with Crippen LogP contribution >= 0.6 is 23.2 Å². The molecule has 1 heterocycles. The summed E-state index contributed by atoms with van der Waals surface area (Å²) >= 11 is 11.9. The molecule has 110 valence electrons. The molecule has 1 aliphatic heterocycles. The van der Waals surface area contributed by atoms with Crippen molar-refractivity contribution in [1.82, 2.24) is 0 Å². The van der Waals surface area contributed by atoms with E-state index in [-0.39, 0.29) is 17.4 Å². The molecule has 0 amide bonds. The Bertz CT molecular complexity index is 813. The molecule has 6 heteroatoms. The number of halogens is 3. The van der Waals surface area contributed by atoms with E-state index in [1.807, 2.05) is 0 Å². The Morgan fingerprint density at radius 1 is 1.09 bits per heavy atom. The molecule has 0 radical (unpaired) electrons. The predicted molar refractivity (Wildman–Crippen MR) is 83.5 cm³/mol. The lowest BCUT2D eigenvalue weighted by molar-refractivity contribution is -0.129. The largest absolute Gasteiger partial charge is 0.402 e. The Balaban J connectivity index is 1.95. The third-order valence-corrected chi connectivity index (χ3v) is 3.53. The van der Waals surface area contributed by atoms with Crippen LogP contribution in [0.5, 0.6) is 0 Å². The van der Waals surface area contributed by atoms with E-state index in [1.165, 1.54) is 30.3 Å². The summed E-state index contributed by atoms with van der Waals surface area (Å²) in [7, 11) is 0. The number of cyclic esters (lactones) is 1. The van der Waals surface area contributed by atoms with Gasteiger partial charge in [0.25, 0.3) is 0 Å². The van der Waals surface area contributed by atoms with E-state index in [4.69, 9.17) is 27.9 Å². The lowest BCUT2D eigenvalue weighted by Crippen LogP contribution is -2.05. The average molecular weight is 336 g/mol. The highest BCUT2D eigenvalue weighted by Crippen LogP contribution is 2.25. The maximum atomic E-state index is 12.9. The zero-order valence-corrected chi connectivity index (χ0v) is 12.5. The molecule has 1 aliphatic rings. The summed E-state index contributed by atoms with van der Waals surface area (Å²) in [5, 5.41) is 0.898. The lowest BCUT2D eigenvalue weighted by atomic mass is 10.2. The second-order valence-electron chi connectivity index (χ2n) is 4.51. The highest BCUT2D eigenvalue weighted by Gasteiger charge is 2.24. The van der Waals surface area contributed by atoms with Gasteiger partial charge in [0.1, 0.15) is 5.82 Å². The SMILES string of the molecule is O=C1OC(c2ccc(F)cc2)=N/C1=C/c1ccc(Cl)cc1Cl. The van der Waals surface area contributed by atoms with Crippen molar-refractivity contribution in [3.8, 4) is 0 Å². The third kappa shape index (κ3) is 3.03. The van der Waals surface area contributed by atoms with E-state index in [0.717, 1.165) is 0 Å². The fourth-order valence-electron chi connectivity index (χ4n) is 1.89. The summed E-state index contributed by atoms with van der Waals surface area (Å²) < 4.78 is 18.0. The molecule has 0 saturated heterocycles. The van der Waals surface area contributed by atoms with Gasteiger partial charge < -0.3 is 4.74 Å². The Kier molecular flexibility index (Phi) is 3.96. The number of benzene rings is 2. The van der Waals surface area contributed by atoms with Gasteiger partial charge in [0.2, 0.25) is 5.90 Å². The first-order valence-corrected chi connectivity index (χ1v) is 7.02. The maximum absolute atomic E-state index is 12.9. The number of esters is 1. The zero-order valence-electron chi connectivity index (χ0n) is 11.0. The van der Waals surface area contributed by atoms with Gasteiger partial charge in [-0.2, -0.15) is 0 Å². The average Bonchev–Trinajstić information content (AvgIpc) is 2.84. The van der Waals surface area contributed by atoms with Gasteiger partial charge in [0.05, 0.1) is 0 Å². The van der Waals surface area contributed by atoms with Crippen molar-refractivity contribution in [3.05, 3.63) is 75.2 Å². The zero-order chi connectivity index (χ0) is 15.7. The van der Waals surface area contributed by atoms with E-state index < -0.39 is 5.97 Å². The van der Waals surface area contributed by atoms with Crippen LogP contribution in [-0.2, 0) is 9.53 Å². The van der Waals surface area contributed by atoms with Crippen LogP contribution in [0.15, 0.2) is 53.2 Å². The monoisotopic (exact) mass is 335 g/mol. The molecule has 0 unspecified atom stereocenters. The van der Waals surface area contributed by atoms with Crippen molar-refractivity contribution in [1.29, 1.82) is 0 Å². The van der Waals surface area contributed by atoms with Crippen LogP contribution in [0.2, 0.25) is 10.0 Å². The highest BCUT2D eigenvalue weighted by atomic mass is 35.5. The molecule has 0 aliphatic carbocycles. The van der Waals surface area contributed by atoms with E-state index in [0.29, 0.717) is 21.2 Å². The smallest absolute Gasteiger partial charge is 0.363 e. The standard InChI is InChI=1S/C16H8Cl2FNO2/c17-11-4-1-10(13(18)8-11)7-14-16(21)22-15(20-14)9-2-5-12(19)6-3-9/h1-8H/b14-7+. The van der Waals surface area contributed by atoms with Gasteiger partial charge in [0, 0.05) is 15.6 Å². The highest BCUT2D eigenvalue weighted by molar-refractivity contribution is 6.35. The minimum atomic E-state index is -0.592. The summed E-state index contributed by atoms with van der Waals surface area (Å²) in [5.74, 6) is -0.843. The maximum Gasteiger partial charge on any atom is 0.363 e. The molecule has 0 bridgehead atoms. The molecule has 0 fully saturated rings. The number of aliphatic imine (C=N–C) groups is 1. The second-order valence-corrected chi connectivity index (χ2v) is 5.35. The van der Waals surface area contributed by atoms with Gasteiger partial charge >= 0.3 is 5.97 Å². The van der Waals surface area contributed by atoms with Crippen molar-refractivity contribution < 1.29 is 13.9 Å². The number of nitrogens with zero attached hydrogens (tertiary/aromatic N) is 1. The van der Waals surface area contributed by atoms with Crippen molar-refractivity contribution in [3.63, 3.8) is 0 Å². The molecule has 0 N–H and O–H groups in total. The molecular formula is C16H8Cl2FNO2. The van der Waals surface area contributed by atoms with Crippen molar-refractivity contribution in [2.45, 2.75) is 0 Å². The lowest BCUT2D eigenvalue weighted by Gasteiger charge is -1.98. The molecule has 2 aromatic carbocycles. The third-order valence-electron chi connectivity index (χ3n) is 2.97. The first kappa shape index (κ1) is 14.8. The predicted octanol–water partition coefficient (Wildman–Crippen LogP) is 4.48. The molecule has 3 rings (SSSR count). The molecule has 0 atom stereocenters. The number of hydrogen-bond acceptors (Lipinski definition) is 3. The van der Waals surface area contributed by atoms with Gasteiger partial charge in [-0.05, 0) is 48.0 Å². The fourth-order valence-corrected chi connectivity index (χ4v) is 2.35. The molecule has 0 aromatic heterocycles. The Hall–Kier alpha value is -2.17. The molecular weight excluding hydrogens is 328 g/mol. The number of ether oxygens (including phenoxy) is 1. The van der Waals surface area contributed by atoms with E-state index in [9.17, 15) is 9.18 Å². The van der Waals surface area contributed by atoms with Gasteiger partial charge in [-0.25, -0.2) is 14.2 Å².